The Morgan fingerprint density at radius 2 is 2.29 bits per heavy atom. The monoisotopic (exact) mass is 249 g/mol. The van der Waals surface area contributed by atoms with Crippen molar-refractivity contribution in [1.29, 1.82) is 0 Å². The van der Waals surface area contributed by atoms with Crippen LogP contribution in [-0.2, 0) is 0 Å². The largest absolute Gasteiger partial charge is 0.399 e. The number of thioether (sulfide) groups is 1. The quantitative estimate of drug-likeness (QED) is 0.713. The summed E-state index contributed by atoms with van der Waals surface area (Å²) < 4.78 is 0. The highest BCUT2D eigenvalue weighted by atomic mass is 32.2. The maximum absolute atomic E-state index is 9.79. The van der Waals surface area contributed by atoms with Crippen LogP contribution in [0.15, 0.2) is 23.4 Å². The summed E-state index contributed by atoms with van der Waals surface area (Å²) in [4.78, 5) is 7.74. The standard InChI is InChI=1S/C12H15N3OS/c13-7-4-5-8-9(6-7)15-12(14-8)17-11-3-1-2-10(11)16/h4-6,10-11,16H,1-3,13H2,(H,14,15). The first kappa shape index (κ1) is 10.9. The van der Waals surface area contributed by atoms with Crippen LogP contribution in [0.1, 0.15) is 19.3 Å². The molecule has 0 spiro atoms. The number of imidazole rings is 1. The second kappa shape index (κ2) is 4.23. The summed E-state index contributed by atoms with van der Waals surface area (Å²) in [7, 11) is 0. The lowest BCUT2D eigenvalue weighted by Gasteiger charge is -2.11. The molecule has 4 N–H and O–H groups in total. The number of hydrogen-bond donors (Lipinski definition) is 3. The molecule has 4 nitrogen and oxygen atoms in total. The Balaban J connectivity index is 1.85. The molecule has 0 radical (unpaired) electrons. The van der Waals surface area contributed by atoms with E-state index in [1.54, 1.807) is 11.8 Å². The molecular weight excluding hydrogens is 234 g/mol. The normalized spacial score (nSPS) is 24.5. The summed E-state index contributed by atoms with van der Waals surface area (Å²) in [6.45, 7) is 0. The van der Waals surface area contributed by atoms with Crippen LogP contribution in [0.25, 0.3) is 11.0 Å². The maximum atomic E-state index is 9.79. The van der Waals surface area contributed by atoms with Crippen molar-refractivity contribution in [3.05, 3.63) is 18.2 Å². The third-order valence-corrected chi connectivity index (χ3v) is 4.43. The van der Waals surface area contributed by atoms with Crippen molar-refractivity contribution in [2.45, 2.75) is 35.8 Å². The number of aromatic nitrogens is 2. The Hall–Kier alpha value is -1.20. The van der Waals surface area contributed by atoms with E-state index in [2.05, 4.69) is 9.97 Å². The third-order valence-electron chi connectivity index (χ3n) is 3.16. The molecule has 1 heterocycles. The van der Waals surface area contributed by atoms with Crippen LogP contribution in [-0.4, -0.2) is 26.4 Å². The molecule has 3 rings (SSSR count). The lowest BCUT2D eigenvalue weighted by Crippen LogP contribution is -2.15. The van der Waals surface area contributed by atoms with E-state index in [1.165, 1.54) is 0 Å². The summed E-state index contributed by atoms with van der Waals surface area (Å²) in [6.07, 6.45) is 2.88. The molecule has 2 unspecified atom stereocenters. The average Bonchev–Trinajstić information content (AvgIpc) is 2.85. The number of aliphatic hydroxyl groups excluding tert-OH is 1. The van der Waals surface area contributed by atoms with Gasteiger partial charge in [0.2, 0.25) is 0 Å². The van der Waals surface area contributed by atoms with Crippen molar-refractivity contribution >= 4 is 28.5 Å². The Kier molecular flexibility index (Phi) is 2.72. The van der Waals surface area contributed by atoms with E-state index in [1.807, 2.05) is 18.2 Å². The minimum atomic E-state index is -0.196. The van der Waals surface area contributed by atoms with Gasteiger partial charge < -0.3 is 15.8 Å². The van der Waals surface area contributed by atoms with Gasteiger partial charge in [-0.25, -0.2) is 4.98 Å². The van der Waals surface area contributed by atoms with E-state index < -0.39 is 0 Å². The van der Waals surface area contributed by atoms with Crippen molar-refractivity contribution in [1.82, 2.24) is 9.97 Å². The summed E-state index contributed by atoms with van der Waals surface area (Å²) in [5.74, 6) is 0. The number of aromatic amines is 1. The predicted molar refractivity (Wildman–Crippen MR) is 70.0 cm³/mol. The highest BCUT2D eigenvalue weighted by Crippen LogP contribution is 2.34. The lowest BCUT2D eigenvalue weighted by atomic mass is 10.3. The molecule has 0 aliphatic heterocycles. The molecule has 90 valence electrons. The fourth-order valence-electron chi connectivity index (χ4n) is 2.25. The molecule has 1 saturated carbocycles. The highest BCUT2D eigenvalue weighted by molar-refractivity contribution is 7.99. The summed E-state index contributed by atoms with van der Waals surface area (Å²) in [6, 6.07) is 5.65. The molecule has 2 atom stereocenters. The number of anilines is 1. The molecule has 1 aliphatic carbocycles. The summed E-state index contributed by atoms with van der Waals surface area (Å²) in [5.41, 5.74) is 8.34. The van der Waals surface area contributed by atoms with Crippen molar-refractivity contribution in [3.8, 4) is 0 Å². The van der Waals surface area contributed by atoms with E-state index in [4.69, 9.17) is 5.73 Å². The minimum absolute atomic E-state index is 0.196. The van der Waals surface area contributed by atoms with Crippen molar-refractivity contribution < 1.29 is 5.11 Å². The van der Waals surface area contributed by atoms with Gasteiger partial charge in [-0.1, -0.05) is 11.8 Å². The zero-order valence-electron chi connectivity index (χ0n) is 9.39. The number of H-pyrrole nitrogens is 1. The van der Waals surface area contributed by atoms with Crippen molar-refractivity contribution in [3.63, 3.8) is 0 Å². The van der Waals surface area contributed by atoms with Crippen LogP contribution in [0, 0.1) is 0 Å². The van der Waals surface area contributed by atoms with E-state index >= 15 is 0 Å². The molecule has 1 aromatic heterocycles. The zero-order valence-corrected chi connectivity index (χ0v) is 10.2. The van der Waals surface area contributed by atoms with Gasteiger partial charge in [0.1, 0.15) is 0 Å². The number of nitrogen functional groups attached to an aromatic ring is 1. The van der Waals surface area contributed by atoms with Gasteiger partial charge in [-0.2, -0.15) is 0 Å². The van der Waals surface area contributed by atoms with Gasteiger partial charge >= 0.3 is 0 Å². The number of rotatable bonds is 2. The van der Waals surface area contributed by atoms with E-state index in [-0.39, 0.29) is 11.4 Å². The number of nitrogens with two attached hydrogens (primary N) is 1. The molecular formula is C12H15N3OS. The molecule has 2 aromatic rings. The Morgan fingerprint density at radius 3 is 3.06 bits per heavy atom. The summed E-state index contributed by atoms with van der Waals surface area (Å²) >= 11 is 1.63. The van der Waals surface area contributed by atoms with Gasteiger partial charge in [0, 0.05) is 10.9 Å². The van der Waals surface area contributed by atoms with Gasteiger partial charge in [-0.15, -0.1) is 0 Å². The van der Waals surface area contributed by atoms with Crippen LogP contribution < -0.4 is 5.73 Å². The minimum Gasteiger partial charge on any atom is -0.399 e. The number of hydrogen-bond acceptors (Lipinski definition) is 4. The smallest absolute Gasteiger partial charge is 0.166 e. The zero-order chi connectivity index (χ0) is 11.8. The van der Waals surface area contributed by atoms with Gasteiger partial charge in [0.05, 0.1) is 17.1 Å². The van der Waals surface area contributed by atoms with E-state index in [0.29, 0.717) is 0 Å². The molecule has 5 heteroatoms. The van der Waals surface area contributed by atoms with Crippen molar-refractivity contribution in [2.75, 3.05) is 5.73 Å². The lowest BCUT2D eigenvalue weighted by molar-refractivity contribution is 0.188. The molecule has 1 aromatic carbocycles. The van der Waals surface area contributed by atoms with Crippen LogP contribution in [0.2, 0.25) is 0 Å². The fraction of sp³-hybridized carbons (Fsp3) is 0.417. The molecule has 1 fully saturated rings. The number of nitrogens with one attached hydrogen (secondary N) is 1. The maximum Gasteiger partial charge on any atom is 0.166 e. The molecule has 0 bridgehead atoms. The van der Waals surface area contributed by atoms with Gasteiger partial charge in [0.15, 0.2) is 5.16 Å². The van der Waals surface area contributed by atoms with Crippen LogP contribution >= 0.6 is 11.8 Å². The van der Waals surface area contributed by atoms with Gasteiger partial charge in [-0.3, -0.25) is 0 Å². The number of fused-ring (bicyclic) bond motifs is 1. The van der Waals surface area contributed by atoms with Crippen LogP contribution in [0.5, 0.6) is 0 Å². The van der Waals surface area contributed by atoms with Crippen LogP contribution in [0.4, 0.5) is 5.69 Å². The van der Waals surface area contributed by atoms with Crippen LogP contribution in [0.3, 0.4) is 0 Å². The first-order valence-electron chi connectivity index (χ1n) is 5.82. The first-order chi connectivity index (χ1) is 8.22. The number of nitrogens with zero attached hydrogens (tertiary/aromatic N) is 1. The third kappa shape index (κ3) is 2.12. The van der Waals surface area contributed by atoms with Crippen molar-refractivity contribution in [2.24, 2.45) is 0 Å². The SMILES string of the molecule is Nc1ccc2nc(SC3CCCC3O)[nH]c2c1. The fourth-order valence-corrected chi connectivity index (χ4v) is 3.43. The molecule has 0 amide bonds. The highest BCUT2D eigenvalue weighted by Gasteiger charge is 2.27. The van der Waals surface area contributed by atoms with Gasteiger partial charge in [0.25, 0.3) is 0 Å². The second-order valence-electron chi connectivity index (χ2n) is 4.47. The summed E-state index contributed by atoms with van der Waals surface area (Å²) in [5, 5.41) is 10.9. The Bertz CT molecular complexity index is 540. The topological polar surface area (TPSA) is 74.9 Å². The second-order valence-corrected chi connectivity index (χ2v) is 5.70. The molecule has 1 aliphatic rings. The van der Waals surface area contributed by atoms with E-state index in [0.717, 1.165) is 41.1 Å². The van der Waals surface area contributed by atoms with Gasteiger partial charge in [-0.05, 0) is 37.5 Å². The molecule has 17 heavy (non-hydrogen) atoms. The average molecular weight is 249 g/mol. The number of aliphatic hydroxyl groups is 1. The van der Waals surface area contributed by atoms with E-state index in [9.17, 15) is 5.11 Å². The molecule has 0 saturated heterocycles. The Morgan fingerprint density at radius 1 is 1.41 bits per heavy atom. The first-order valence-corrected chi connectivity index (χ1v) is 6.70. The Labute approximate surface area is 104 Å². The number of benzene rings is 1. The predicted octanol–water partition coefficient (Wildman–Crippen LogP) is 2.15.